The van der Waals surface area contributed by atoms with Crippen LogP contribution in [0.25, 0.3) is 0 Å². The van der Waals surface area contributed by atoms with E-state index in [1.807, 2.05) is 0 Å². The Balaban J connectivity index is 2.11. The number of aryl methyl sites for hydroxylation is 1. The molecule has 86 valence electrons. The second kappa shape index (κ2) is 4.57. The Hall–Kier alpha value is -1.49. The summed E-state index contributed by atoms with van der Waals surface area (Å²) in [5.74, 6) is 0.196. The maximum absolute atomic E-state index is 10.8. The quantitative estimate of drug-likeness (QED) is 0.827. The summed E-state index contributed by atoms with van der Waals surface area (Å²) in [4.78, 5) is 19.1. The molecule has 0 aliphatic carbocycles. The lowest BCUT2D eigenvalue weighted by Gasteiger charge is -2.07. The molecule has 0 amide bonds. The van der Waals surface area contributed by atoms with Gasteiger partial charge in [-0.3, -0.25) is 0 Å². The predicted octanol–water partition coefficient (Wildman–Crippen LogP) is 1.06. The van der Waals surface area contributed by atoms with Crippen LogP contribution < -0.4 is 0 Å². The summed E-state index contributed by atoms with van der Waals surface area (Å²) in [6.45, 7) is 3.25. The van der Waals surface area contributed by atoms with Gasteiger partial charge in [0.15, 0.2) is 0 Å². The van der Waals surface area contributed by atoms with Gasteiger partial charge in [-0.1, -0.05) is 0 Å². The van der Waals surface area contributed by atoms with Crippen molar-refractivity contribution < 1.29 is 14.6 Å². The first kappa shape index (κ1) is 11.0. The van der Waals surface area contributed by atoms with Gasteiger partial charge in [-0.25, -0.2) is 14.8 Å². The normalized spacial score (nSPS) is 19.9. The molecule has 1 aromatic rings. The Morgan fingerprint density at radius 1 is 1.69 bits per heavy atom. The first-order valence-electron chi connectivity index (χ1n) is 5.30. The molecule has 5 heteroatoms. The van der Waals surface area contributed by atoms with Gasteiger partial charge in [-0.2, -0.15) is 0 Å². The van der Waals surface area contributed by atoms with Crippen LogP contribution >= 0.6 is 0 Å². The van der Waals surface area contributed by atoms with Crippen LogP contribution in [0, 0.1) is 12.8 Å². The fourth-order valence-electron chi connectivity index (χ4n) is 1.83. The van der Waals surface area contributed by atoms with Gasteiger partial charge in [0.05, 0.1) is 11.3 Å². The number of ether oxygens (including phenoxy) is 1. The zero-order valence-electron chi connectivity index (χ0n) is 9.14. The topological polar surface area (TPSA) is 72.3 Å². The van der Waals surface area contributed by atoms with Crippen LogP contribution in [0.4, 0.5) is 0 Å². The highest BCUT2D eigenvalue weighted by atomic mass is 16.5. The number of aromatic nitrogens is 2. The largest absolute Gasteiger partial charge is 0.478 e. The molecule has 1 saturated heterocycles. The maximum Gasteiger partial charge on any atom is 0.339 e. The van der Waals surface area contributed by atoms with E-state index in [2.05, 4.69) is 9.97 Å². The highest BCUT2D eigenvalue weighted by Gasteiger charge is 2.18. The molecule has 0 aromatic carbocycles. The Morgan fingerprint density at radius 3 is 3.06 bits per heavy atom. The van der Waals surface area contributed by atoms with Crippen LogP contribution in [0.5, 0.6) is 0 Å². The lowest BCUT2D eigenvalue weighted by molar-refractivity contribution is 0.0695. The Labute approximate surface area is 93.5 Å². The first-order valence-corrected chi connectivity index (χ1v) is 5.30. The molecule has 1 aromatic heterocycles. The number of aromatic carboxylic acids is 1. The Kier molecular flexibility index (Phi) is 3.14. The van der Waals surface area contributed by atoms with E-state index in [0.29, 0.717) is 17.4 Å². The van der Waals surface area contributed by atoms with Crippen LogP contribution in [0.2, 0.25) is 0 Å². The average molecular weight is 222 g/mol. The van der Waals surface area contributed by atoms with Crippen LogP contribution in [-0.2, 0) is 11.2 Å². The molecule has 1 aliphatic rings. The van der Waals surface area contributed by atoms with Crippen LogP contribution in [0.15, 0.2) is 6.20 Å². The predicted molar refractivity (Wildman–Crippen MR) is 56.4 cm³/mol. The minimum Gasteiger partial charge on any atom is -0.478 e. The van der Waals surface area contributed by atoms with Gasteiger partial charge in [0.1, 0.15) is 5.82 Å². The zero-order chi connectivity index (χ0) is 11.5. The van der Waals surface area contributed by atoms with E-state index < -0.39 is 5.97 Å². The standard InChI is InChI=1S/C11H14N2O3/c1-7-9(11(14)15)5-12-10(13-7)4-8-2-3-16-6-8/h5,8H,2-4,6H2,1H3,(H,14,15). The van der Waals surface area contributed by atoms with Gasteiger partial charge in [0.25, 0.3) is 0 Å². The van der Waals surface area contributed by atoms with Crippen molar-refractivity contribution in [1.82, 2.24) is 9.97 Å². The summed E-state index contributed by atoms with van der Waals surface area (Å²) < 4.78 is 5.27. The summed E-state index contributed by atoms with van der Waals surface area (Å²) in [6, 6.07) is 0. The SMILES string of the molecule is Cc1nc(CC2CCOC2)ncc1C(=O)O. The molecule has 5 nitrogen and oxygen atoms in total. The van der Waals surface area contributed by atoms with Crippen LogP contribution in [0.1, 0.15) is 28.3 Å². The number of hydrogen-bond acceptors (Lipinski definition) is 4. The van der Waals surface area contributed by atoms with E-state index in [4.69, 9.17) is 9.84 Å². The van der Waals surface area contributed by atoms with Gasteiger partial charge in [-0.05, 0) is 19.3 Å². The molecule has 0 spiro atoms. The maximum atomic E-state index is 10.8. The van der Waals surface area contributed by atoms with E-state index in [1.165, 1.54) is 6.20 Å². The highest BCUT2D eigenvalue weighted by molar-refractivity contribution is 5.88. The van der Waals surface area contributed by atoms with Crippen molar-refractivity contribution in [2.75, 3.05) is 13.2 Å². The highest BCUT2D eigenvalue weighted by Crippen LogP contribution is 2.16. The zero-order valence-corrected chi connectivity index (χ0v) is 9.14. The summed E-state index contributed by atoms with van der Waals surface area (Å²) in [6.07, 6.45) is 3.18. The van der Waals surface area contributed by atoms with Crippen molar-refractivity contribution in [3.63, 3.8) is 0 Å². The van der Waals surface area contributed by atoms with Crippen molar-refractivity contribution in [1.29, 1.82) is 0 Å². The van der Waals surface area contributed by atoms with E-state index in [1.54, 1.807) is 6.92 Å². The third-order valence-corrected chi connectivity index (χ3v) is 2.75. The molecule has 1 aliphatic heterocycles. The molecule has 1 atom stereocenters. The molecule has 2 rings (SSSR count). The molecule has 0 radical (unpaired) electrons. The third-order valence-electron chi connectivity index (χ3n) is 2.75. The number of rotatable bonds is 3. The molecule has 1 unspecified atom stereocenters. The fourth-order valence-corrected chi connectivity index (χ4v) is 1.83. The average Bonchev–Trinajstić information content (AvgIpc) is 2.70. The van der Waals surface area contributed by atoms with E-state index in [0.717, 1.165) is 26.1 Å². The molecule has 16 heavy (non-hydrogen) atoms. The van der Waals surface area contributed by atoms with Gasteiger partial charge >= 0.3 is 5.97 Å². The van der Waals surface area contributed by atoms with E-state index in [-0.39, 0.29) is 5.56 Å². The second-order valence-electron chi connectivity index (χ2n) is 4.02. The number of nitrogens with zero attached hydrogens (tertiary/aromatic N) is 2. The monoisotopic (exact) mass is 222 g/mol. The summed E-state index contributed by atoms with van der Waals surface area (Å²) in [5, 5.41) is 8.84. The molecule has 1 fully saturated rings. The minimum absolute atomic E-state index is 0.173. The minimum atomic E-state index is -0.978. The van der Waals surface area contributed by atoms with Gasteiger partial charge < -0.3 is 9.84 Å². The second-order valence-corrected chi connectivity index (χ2v) is 4.02. The Bertz CT molecular complexity index is 400. The first-order chi connectivity index (χ1) is 7.66. The van der Waals surface area contributed by atoms with E-state index in [9.17, 15) is 4.79 Å². The van der Waals surface area contributed by atoms with Crippen molar-refractivity contribution in [2.45, 2.75) is 19.8 Å². The summed E-state index contributed by atoms with van der Waals surface area (Å²) in [5.41, 5.74) is 0.697. The number of hydrogen-bond donors (Lipinski definition) is 1. The van der Waals surface area contributed by atoms with Crippen molar-refractivity contribution in [2.24, 2.45) is 5.92 Å². The summed E-state index contributed by atoms with van der Waals surface area (Å²) >= 11 is 0. The number of carboxylic acid groups (broad SMARTS) is 1. The van der Waals surface area contributed by atoms with Crippen molar-refractivity contribution in [3.05, 3.63) is 23.3 Å². The van der Waals surface area contributed by atoms with Crippen LogP contribution in [-0.4, -0.2) is 34.3 Å². The fraction of sp³-hybridized carbons (Fsp3) is 0.545. The van der Waals surface area contributed by atoms with Gasteiger partial charge in [0, 0.05) is 25.8 Å². The molecule has 0 bridgehead atoms. The Morgan fingerprint density at radius 2 is 2.50 bits per heavy atom. The van der Waals surface area contributed by atoms with Crippen LogP contribution in [0.3, 0.4) is 0 Å². The molecule has 2 heterocycles. The van der Waals surface area contributed by atoms with Crippen molar-refractivity contribution in [3.8, 4) is 0 Å². The van der Waals surface area contributed by atoms with E-state index >= 15 is 0 Å². The van der Waals surface area contributed by atoms with Crippen molar-refractivity contribution >= 4 is 5.97 Å². The number of carbonyl (C=O) groups is 1. The third kappa shape index (κ3) is 2.36. The molecular weight excluding hydrogens is 208 g/mol. The molecular formula is C11H14N2O3. The molecule has 1 N–H and O–H groups in total. The van der Waals surface area contributed by atoms with Gasteiger partial charge in [0.2, 0.25) is 0 Å². The smallest absolute Gasteiger partial charge is 0.339 e. The molecule has 0 saturated carbocycles. The van der Waals surface area contributed by atoms with Gasteiger partial charge in [-0.15, -0.1) is 0 Å². The summed E-state index contributed by atoms with van der Waals surface area (Å²) in [7, 11) is 0. The number of carboxylic acids is 1. The lowest BCUT2D eigenvalue weighted by Crippen LogP contribution is -2.10. The lowest BCUT2D eigenvalue weighted by atomic mass is 10.0.